The molecule has 0 radical (unpaired) electrons. The van der Waals surface area contributed by atoms with Crippen LogP contribution in [0.3, 0.4) is 0 Å². The van der Waals surface area contributed by atoms with Gasteiger partial charge in [0.25, 0.3) is 0 Å². The second-order valence-electron chi connectivity index (χ2n) is 3.05. The molecular weight excluding hydrogens is 276 g/mol. The third-order valence-electron chi connectivity index (χ3n) is 1.88. The smallest absolute Gasteiger partial charge is 0.145 e. The monoisotopic (exact) mass is 290 g/mol. The summed E-state index contributed by atoms with van der Waals surface area (Å²) in [6.45, 7) is 0.912. The van der Waals surface area contributed by atoms with Gasteiger partial charge in [0.15, 0.2) is 0 Å². The van der Waals surface area contributed by atoms with Crippen molar-refractivity contribution >= 4 is 39.3 Å². The first-order valence-corrected chi connectivity index (χ1v) is 6.93. The van der Waals surface area contributed by atoms with Crippen LogP contribution in [0.1, 0.15) is 12.8 Å². The van der Waals surface area contributed by atoms with Crippen molar-refractivity contribution in [3.8, 4) is 0 Å². The molecule has 6 heteroatoms. The Labute approximate surface area is 103 Å². The molecule has 1 aromatic heterocycles. The van der Waals surface area contributed by atoms with E-state index in [1.807, 2.05) is 11.8 Å². The quantitative estimate of drug-likeness (QED) is 0.788. The minimum Gasteiger partial charge on any atom is -0.383 e. The van der Waals surface area contributed by atoms with Crippen molar-refractivity contribution in [1.82, 2.24) is 9.97 Å². The van der Waals surface area contributed by atoms with Crippen molar-refractivity contribution in [2.24, 2.45) is 0 Å². The number of aromatic nitrogens is 2. The highest BCUT2D eigenvalue weighted by atomic mass is 79.9. The Hall–Kier alpha value is -0.490. The summed E-state index contributed by atoms with van der Waals surface area (Å²) in [5, 5.41) is 3.23. The zero-order valence-electron chi connectivity index (χ0n) is 8.66. The number of thioether (sulfide) groups is 1. The summed E-state index contributed by atoms with van der Waals surface area (Å²) in [5.74, 6) is 2.44. The zero-order chi connectivity index (χ0) is 11.1. The van der Waals surface area contributed by atoms with Crippen LogP contribution in [0, 0.1) is 0 Å². The van der Waals surface area contributed by atoms with Crippen LogP contribution in [0.5, 0.6) is 0 Å². The predicted octanol–water partition coefficient (Wildman–Crippen LogP) is 2.38. The SMILES string of the molecule is CSCCCCNc1ncnc(N)c1Br. The Morgan fingerprint density at radius 2 is 2.27 bits per heavy atom. The van der Waals surface area contributed by atoms with E-state index < -0.39 is 0 Å². The van der Waals surface area contributed by atoms with Gasteiger partial charge in [0.05, 0.1) is 0 Å². The van der Waals surface area contributed by atoms with E-state index in [2.05, 4.69) is 37.5 Å². The van der Waals surface area contributed by atoms with Crippen LogP contribution < -0.4 is 11.1 Å². The molecular formula is C9H15BrN4S. The molecule has 0 unspecified atom stereocenters. The number of nitrogens with two attached hydrogens (primary N) is 1. The molecule has 0 saturated heterocycles. The molecule has 3 N–H and O–H groups in total. The van der Waals surface area contributed by atoms with E-state index in [1.165, 1.54) is 18.5 Å². The van der Waals surface area contributed by atoms with Crippen molar-refractivity contribution in [3.63, 3.8) is 0 Å². The van der Waals surface area contributed by atoms with E-state index in [0.29, 0.717) is 5.82 Å². The molecule has 84 valence electrons. The number of nitrogen functional groups attached to an aromatic ring is 1. The minimum absolute atomic E-state index is 0.469. The van der Waals surface area contributed by atoms with Crippen LogP contribution in [-0.2, 0) is 0 Å². The van der Waals surface area contributed by atoms with Crippen molar-refractivity contribution in [3.05, 3.63) is 10.8 Å². The van der Waals surface area contributed by atoms with Gasteiger partial charge in [-0.1, -0.05) is 0 Å². The molecule has 4 nitrogen and oxygen atoms in total. The molecule has 0 bridgehead atoms. The lowest BCUT2D eigenvalue weighted by Gasteiger charge is -2.07. The summed E-state index contributed by atoms with van der Waals surface area (Å²) in [4.78, 5) is 7.98. The Morgan fingerprint density at radius 1 is 1.47 bits per heavy atom. The second-order valence-corrected chi connectivity index (χ2v) is 4.83. The molecule has 0 aromatic carbocycles. The number of rotatable bonds is 6. The molecule has 0 aliphatic carbocycles. The number of halogens is 1. The average Bonchev–Trinajstić information content (AvgIpc) is 2.24. The van der Waals surface area contributed by atoms with Crippen molar-refractivity contribution in [2.45, 2.75) is 12.8 Å². The van der Waals surface area contributed by atoms with Crippen molar-refractivity contribution < 1.29 is 0 Å². The minimum atomic E-state index is 0.469. The normalized spacial score (nSPS) is 10.3. The molecule has 0 amide bonds. The Bertz CT molecular complexity index is 308. The highest BCUT2D eigenvalue weighted by Crippen LogP contribution is 2.23. The van der Waals surface area contributed by atoms with Gasteiger partial charge >= 0.3 is 0 Å². The summed E-state index contributed by atoms with van der Waals surface area (Å²) < 4.78 is 0.745. The fourth-order valence-electron chi connectivity index (χ4n) is 1.08. The maximum Gasteiger partial charge on any atom is 0.145 e. The summed E-state index contributed by atoms with van der Waals surface area (Å²) in [5.41, 5.74) is 5.63. The van der Waals surface area contributed by atoms with Crippen LogP contribution in [-0.4, -0.2) is 28.5 Å². The van der Waals surface area contributed by atoms with Crippen LogP contribution in [0.15, 0.2) is 10.8 Å². The lowest BCUT2D eigenvalue weighted by atomic mass is 10.3. The van der Waals surface area contributed by atoms with Gasteiger partial charge in [0.2, 0.25) is 0 Å². The lowest BCUT2D eigenvalue weighted by Crippen LogP contribution is -2.06. The highest BCUT2D eigenvalue weighted by Gasteiger charge is 2.04. The molecule has 0 aliphatic heterocycles. The van der Waals surface area contributed by atoms with E-state index in [-0.39, 0.29) is 0 Å². The largest absolute Gasteiger partial charge is 0.383 e. The molecule has 0 atom stereocenters. The summed E-state index contributed by atoms with van der Waals surface area (Å²) in [6, 6.07) is 0. The maximum absolute atomic E-state index is 5.63. The molecule has 1 heterocycles. The maximum atomic E-state index is 5.63. The first kappa shape index (κ1) is 12.6. The molecule has 0 saturated carbocycles. The topological polar surface area (TPSA) is 63.8 Å². The number of anilines is 2. The predicted molar refractivity (Wildman–Crippen MR) is 70.3 cm³/mol. The number of unbranched alkanes of at least 4 members (excludes halogenated alkanes) is 1. The number of nitrogens with zero attached hydrogens (tertiary/aromatic N) is 2. The average molecular weight is 291 g/mol. The Balaban J connectivity index is 2.34. The number of hydrogen-bond donors (Lipinski definition) is 2. The van der Waals surface area contributed by atoms with E-state index >= 15 is 0 Å². The first-order chi connectivity index (χ1) is 7.25. The van der Waals surface area contributed by atoms with Crippen LogP contribution >= 0.6 is 27.7 Å². The fraction of sp³-hybridized carbons (Fsp3) is 0.556. The van der Waals surface area contributed by atoms with Crippen LogP contribution in [0.4, 0.5) is 11.6 Å². The third kappa shape index (κ3) is 4.25. The van der Waals surface area contributed by atoms with E-state index in [9.17, 15) is 0 Å². The van der Waals surface area contributed by atoms with E-state index in [0.717, 1.165) is 23.3 Å². The van der Waals surface area contributed by atoms with Gasteiger partial charge in [-0.25, -0.2) is 9.97 Å². The molecule has 0 fully saturated rings. The lowest BCUT2D eigenvalue weighted by molar-refractivity contribution is 0.838. The second kappa shape index (κ2) is 6.90. The van der Waals surface area contributed by atoms with Crippen molar-refractivity contribution in [2.75, 3.05) is 29.6 Å². The summed E-state index contributed by atoms with van der Waals surface area (Å²) >= 11 is 5.22. The van der Waals surface area contributed by atoms with Gasteiger partial charge in [-0.05, 0) is 40.8 Å². The standard InChI is InChI=1S/C9H15BrN4S/c1-15-5-3-2-4-12-9-7(10)8(11)13-6-14-9/h6H,2-5H2,1H3,(H3,11,12,13,14). The molecule has 0 spiro atoms. The van der Waals surface area contributed by atoms with Gasteiger partial charge in [0.1, 0.15) is 22.4 Å². The molecule has 15 heavy (non-hydrogen) atoms. The Morgan fingerprint density at radius 3 is 3.00 bits per heavy atom. The van der Waals surface area contributed by atoms with Gasteiger partial charge < -0.3 is 11.1 Å². The number of hydrogen-bond acceptors (Lipinski definition) is 5. The summed E-state index contributed by atoms with van der Waals surface area (Å²) in [6.07, 6.45) is 5.93. The fourth-order valence-corrected chi connectivity index (χ4v) is 1.92. The summed E-state index contributed by atoms with van der Waals surface area (Å²) in [7, 11) is 0. The van der Waals surface area contributed by atoms with Crippen molar-refractivity contribution in [1.29, 1.82) is 0 Å². The third-order valence-corrected chi connectivity index (χ3v) is 3.36. The molecule has 1 rings (SSSR count). The van der Waals surface area contributed by atoms with Gasteiger partial charge in [0, 0.05) is 6.54 Å². The zero-order valence-corrected chi connectivity index (χ0v) is 11.1. The van der Waals surface area contributed by atoms with E-state index in [4.69, 9.17) is 5.73 Å². The van der Waals surface area contributed by atoms with Gasteiger partial charge in [-0.3, -0.25) is 0 Å². The van der Waals surface area contributed by atoms with E-state index in [1.54, 1.807) is 0 Å². The van der Waals surface area contributed by atoms with Gasteiger partial charge in [-0.15, -0.1) is 0 Å². The highest BCUT2D eigenvalue weighted by molar-refractivity contribution is 9.10. The van der Waals surface area contributed by atoms with Gasteiger partial charge in [-0.2, -0.15) is 11.8 Å². The van der Waals surface area contributed by atoms with Crippen LogP contribution in [0.2, 0.25) is 0 Å². The Kier molecular flexibility index (Phi) is 5.78. The first-order valence-electron chi connectivity index (χ1n) is 4.74. The molecule has 0 aliphatic rings. The molecule has 1 aromatic rings. The van der Waals surface area contributed by atoms with Crippen LogP contribution in [0.25, 0.3) is 0 Å². The number of nitrogens with one attached hydrogen (secondary N) is 1.